The van der Waals surface area contributed by atoms with Crippen LogP contribution in [0.1, 0.15) is 31.0 Å². The minimum Gasteiger partial charge on any atom is -0.344 e. The molecular weight excluding hydrogens is 372 g/mol. The summed E-state index contributed by atoms with van der Waals surface area (Å²) in [7, 11) is 0. The van der Waals surface area contributed by atoms with Crippen molar-refractivity contribution in [2.75, 3.05) is 0 Å². The summed E-state index contributed by atoms with van der Waals surface area (Å²) < 4.78 is 0. The Balaban J connectivity index is 2.09. The topological polar surface area (TPSA) is 71.5 Å². The monoisotopic (exact) mass is 390 g/mol. The average Bonchev–Trinajstić information content (AvgIpc) is 2.67. The van der Waals surface area contributed by atoms with Gasteiger partial charge in [0, 0.05) is 28.6 Å². The van der Waals surface area contributed by atoms with Crippen molar-refractivity contribution in [3.63, 3.8) is 0 Å². The Labute approximate surface area is 167 Å². The first-order valence-electron chi connectivity index (χ1n) is 9.07. The first-order chi connectivity index (χ1) is 13.4. The number of aryl methyl sites for hydroxylation is 1. The van der Waals surface area contributed by atoms with Gasteiger partial charge in [-0.3, -0.25) is 4.79 Å². The smallest absolute Gasteiger partial charge is 0.212 e. The van der Waals surface area contributed by atoms with Gasteiger partial charge in [-0.1, -0.05) is 55.8 Å². The Hall–Kier alpha value is -3.05. The van der Waals surface area contributed by atoms with Gasteiger partial charge >= 0.3 is 0 Å². The average molecular weight is 391 g/mol. The van der Waals surface area contributed by atoms with E-state index >= 15 is 0 Å². The van der Waals surface area contributed by atoms with Crippen LogP contribution in [-0.2, 0) is 0 Å². The highest BCUT2D eigenvalue weighted by molar-refractivity contribution is 6.29. The molecule has 6 heteroatoms. The predicted molar refractivity (Wildman–Crippen MR) is 113 cm³/mol. The van der Waals surface area contributed by atoms with E-state index in [1.54, 1.807) is 12.3 Å². The minimum absolute atomic E-state index is 0.0878. The van der Waals surface area contributed by atoms with Crippen molar-refractivity contribution in [1.82, 2.24) is 19.9 Å². The SMILES string of the molecule is Cc1cc(-c2nc3c(=O)c(C(C)C)c[nH]c3nc2-c2ccccc2)cc(Cl)n1. The van der Waals surface area contributed by atoms with E-state index in [-0.39, 0.29) is 11.3 Å². The summed E-state index contributed by atoms with van der Waals surface area (Å²) >= 11 is 6.19. The summed E-state index contributed by atoms with van der Waals surface area (Å²) in [5.41, 5.74) is 5.12. The summed E-state index contributed by atoms with van der Waals surface area (Å²) in [6, 6.07) is 13.4. The molecule has 0 radical (unpaired) electrons. The van der Waals surface area contributed by atoms with Gasteiger partial charge in [0.2, 0.25) is 5.43 Å². The molecule has 0 spiro atoms. The van der Waals surface area contributed by atoms with E-state index in [1.165, 1.54) is 0 Å². The molecule has 0 fully saturated rings. The number of hydrogen-bond donors (Lipinski definition) is 1. The first kappa shape index (κ1) is 18.3. The Bertz CT molecular complexity index is 1210. The maximum Gasteiger partial charge on any atom is 0.212 e. The van der Waals surface area contributed by atoms with E-state index in [0.717, 1.165) is 16.8 Å². The van der Waals surface area contributed by atoms with Crippen LogP contribution in [0.4, 0.5) is 0 Å². The molecule has 5 nitrogen and oxygen atoms in total. The summed E-state index contributed by atoms with van der Waals surface area (Å²) in [5, 5.41) is 0.376. The second-order valence-corrected chi connectivity index (χ2v) is 7.42. The van der Waals surface area contributed by atoms with Crippen LogP contribution in [-0.4, -0.2) is 19.9 Å². The second-order valence-electron chi connectivity index (χ2n) is 7.03. The highest BCUT2D eigenvalue weighted by Gasteiger charge is 2.18. The lowest BCUT2D eigenvalue weighted by Gasteiger charge is -2.12. The van der Waals surface area contributed by atoms with Crippen molar-refractivity contribution >= 4 is 22.8 Å². The Morgan fingerprint density at radius 3 is 2.36 bits per heavy atom. The van der Waals surface area contributed by atoms with Crippen LogP contribution in [0.5, 0.6) is 0 Å². The molecular formula is C22H19ClN4O. The van der Waals surface area contributed by atoms with E-state index in [0.29, 0.717) is 33.3 Å². The number of H-pyrrole nitrogens is 1. The van der Waals surface area contributed by atoms with Crippen molar-refractivity contribution in [3.05, 3.63) is 75.3 Å². The molecule has 28 heavy (non-hydrogen) atoms. The second kappa shape index (κ2) is 7.17. The van der Waals surface area contributed by atoms with Gasteiger partial charge in [0.25, 0.3) is 0 Å². The normalized spacial score (nSPS) is 11.3. The highest BCUT2D eigenvalue weighted by Crippen LogP contribution is 2.31. The molecule has 4 rings (SSSR count). The molecule has 0 amide bonds. The number of aromatic nitrogens is 4. The van der Waals surface area contributed by atoms with Crippen LogP contribution in [0.3, 0.4) is 0 Å². The van der Waals surface area contributed by atoms with Gasteiger partial charge < -0.3 is 4.98 Å². The Kier molecular flexibility index (Phi) is 4.69. The van der Waals surface area contributed by atoms with Gasteiger partial charge in [0.15, 0.2) is 11.2 Å². The molecule has 0 aliphatic carbocycles. The first-order valence-corrected chi connectivity index (χ1v) is 9.45. The van der Waals surface area contributed by atoms with E-state index < -0.39 is 0 Å². The quantitative estimate of drug-likeness (QED) is 0.492. The number of nitrogens with zero attached hydrogens (tertiary/aromatic N) is 3. The van der Waals surface area contributed by atoms with Crippen molar-refractivity contribution in [2.45, 2.75) is 26.7 Å². The number of nitrogens with one attached hydrogen (secondary N) is 1. The van der Waals surface area contributed by atoms with E-state index in [2.05, 4.69) is 9.97 Å². The van der Waals surface area contributed by atoms with Crippen LogP contribution in [0, 0.1) is 6.92 Å². The van der Waals surface area contributed by atoms with Crippen LogP contribution in [0.15, 0.2) is 53.5 Å². The fourth-order valence-corrected chi connectivity index (χ4v) is 3.49. The molecule has 1 aromatic carbocycles. The zero-order valence-corrected chi connectivity index (χ0v) is 16.6. The van der Waals surface area contributed by atoms with Gasteiger partial charge in [0.1, 0.15) is 5.15 Å². The molecule has 3 heterocycles. The van der Waals surface area contributed by atoms with E-state index in [1.807, 2.05) is 57.2 Å². The Morgan fingerprint density at radius 2 is 1.68 bits per heavy atom. The molecule has 0 aliphatic heterocycles. The largest absolute Gasteiger partial charge is 0.344 e. The van der Waals surface area contributed by atoms with Crippen LogP contribution < -0.4 is 5.43 Å². The number of aromatic amines is 1. The molecule has 3 aromatic heterocycles. The molecule has 0 aliphatic rings. The van der Waals surface area contributed by atoms with Crippen LogP contribution >= 0.6 is 11.6 Å². The van der Waals surface area contributed by atoms with Gasteiger partial charge in [-0.25, -0.2) is 15.0 Å². The zero-order valence-electron chi connectivity index (χ0n) is 15.8. The number of rotatable bonds is 3. The van der Waals surface area contributed by atoms with Crippen molar-refractivity contribution in [2.24, 2.45) is 0 Å². The lowest BCUT2D eigenvalue weighted by Crippen LogP contribution is -2.14. The predicted octanol–water partition coefficient (Wildman–Crippen LogP) is 5.13. The van der Waals surface area contributed by atoms with Gasteiger partial charge in [-0.05, 0) is 25.0 Å². The minimum atomic E-state index is -0.103. The lowest BCUT2D eigenvalue weighted by atomic mass is 10.0. The number of halogens is 1. The molecule has 1 N–H and O–H groups in total. The fraction of sp³-hybridized carbons (Fsp3) is 0.182. The molecule has 0 saturated carbocycles. The molecule has 0 bridgehead atoms. The standard InChI is InChI=1S/C22H19ClN4O/c1-12(2)16-11-24-22-20(21(16)28)26-19(15-9-13(3)25-17(23)10-15)18(27-22)14-7-5-4-6-8-14/h4-12H,1-3H3,(H,24,27,28). The van der Waals surface area contributed by atoms with Crippen molar-refractivity contribution in [1.29, 1.82) is 0 Å². The highest BCUT2D eigenvalue weighted by atomic mass is 35.5. The maximum absolute atomic E-state index is 13.0. The third-order valence-corrected chi connectivity index (χ3v) is 4.80. The number of hydrogen-bond acceptors (Lipinski definition) is 4. The fourth-order valence-electron chi connectivity index (χ4n) is 3.23. The Morgan fingerprint density at radius 1 is 0.964 bits per heavy atom. The van der Waals surface area contributed by atoms with Crippen LogP contribution in [0.2, 0.25) is 5.15 Å². The zero-order chi connectivity index (χ0) is 19.8. The molecule has 4 aromatic rings. The van der Waals surface area contributed by atoms with Gasteiger partial charge in [-0.15, -0.1) is 0 Å². The summed E-state index contributed by atoms with van der Waals surface area (Å²) in [6.07, 6.45) is 1.73. The van der Waals surface area contributed by atoms with Crippen LogP contribution in [0.25, 0.3) is 33.7 Å². The molecule has 0 unspecified atom stereocenters. The maximum atomic E-state index is 13.0. The number of fused-ring (bicyclic) bond motifs is 1. The van der Waals surface area contributed by atoms with E-state index in [9.17, 15) is 4.79 Å². The third-order valence-electron chi connectivity index (χ3n) is 4.60. The lowest BCUT2D eigenvalue weighted by molar-refractivity contribution is 0.851. The third kappa shape index (κ3) is 3.29. The van der Waals surface area contributed by atoms with Gasteiger partial charge in [0.05, 0.1) is 11.4 Å². The summed E-state index contributed by atoms with van der Waals surface area (Å²) in [5.74, 6) is 0.0878. The molecule has 0 saturated heterocycles. The molecule has 0 atom stereocenters. The van der Waals surface area contributed by atoms with Crippen molar-refractivity contribution < 1.29 is 0 Å². The van der Waals surface area contributed by atoms with Gasteiger partial charge in [-0.2, -0.15) is 0 Å². The number of pyridine rings is 2. The summed E-state index contributed by atoms with van der Waals surface area (Å²) in [6.45, 7) is 5.83. The number of benzene rings is 1. The summed E-state index contributed by atoms with van der Waals surface area (Å²) in [4.78, 5) is 29.9. The molecule has 140 valence electrons. The van der Waals surface area contributed by atoms with E-state index in [4.69, 9.17) is 21.6 Å². The van der Waals surface area contributed by atoms with Crippen molar-refractivity contribution in [3.8, 4) is 22.5 Å².